The quantitative estimate of drug-likeness (QED) is 0.842. The fraction of sp³-hybridized carbons (Fsp3) is 0.867. The number of urea groups is 1. The SMILES string of the molecule is CCCC1(C(=O)O)CCN(C(=O)N(C)CC2CC2)CC1. The molecule has 5 heteroatoms. The van der Waals surface area contributed by atoms with Crippen LogP contribution in [0.5, 0.6) is 0 Å². The summed E-state index contributed by atoms with van der Waals surface area (Å²) in [7, 11) is 1.85. The maximum atomic E-state index is 12.3. The average Bonchev–Trinajstić information content (AvgIpc) is 3.22. The van der Waals surface area contributed by atoms with Gasteiger partial charge in [-0.1, -0.05) is 13.3 Å². The Morgan fingerprint density at radius 3 is 2.35 bits per heavy atom. The first-order valence-electron chi connectivity index (χ1n) is 7.72. The van der Waals surface area contributed by atoms with Gasteiger partial charge in [-0.2, -0.15) is 0 Å². The van der Waals surface area contributed by atoms with Crippen LogP contribution in [0.25, 0.3) is 0 Å². The molecule has 5 nitrogen and oxygen atoms in total. The number of aliphatic carboxylic acids is 1. The van der Waals surface area contributed by atoms with Crippen molar-refractivity contribution in [1.29, 1.82) is 0 Å². The van der Waals surface area contributed by atoms with E-state index in [9.17, 15) is 14.7 Å². The highest BCUT2D eigenvalue weighted by Gasteiger charge is 2.42. The van der Waals surface area contributed by atoms with Gasteiger partial charge in [-0.25, -0.2) is 4.79 Å². The Kier molecular flexibility index (Phi) is 4.55. The molecule has 1 saturated carbocycles. The van der Waals surface area contributed by atoms with Crippen LogP contribution in [0.4, 0.5) is 4.79 Å². The average molecular weight is 282 g/mol. The molecule has 1 N–H and O–H groups in total. The maximum Gasteiger partial charge on any atom is 0.319 e. The van der Waals surface area contributed by atoms with Gasteiger partial charge in [0.15, 0.2) is 0 Å². The second-order valence-corrected chi connectivity index (χ2v) is 6.43. The molecule has 0 aromatic heterocycles. The maximum absolute atomic E-state index is 12.3. The standard InChI is InChI=1S/C15H26N2O3/c1-3-6-15(13(18)19)7-9-17(10-8-15)14(20)16(2)11-12-4-5-12/h12H,3-11H2,1-2H3,(H,18,19). The van der Waals surface area contributed by atoms with E-state index in [0.29, 0.717) is 38.3 Å². The van der Waals surface area contributed by atoms with Crippen LogP contribution in [-0.2, 0) is 4.79 Å². The summed E-state index contributed by atoms with van der Waals surface area (Å²) >= 11 is 0. The molecule has 0 atom stereocenters. The molecule has 1 aliphatic heterocycles. The largest absolute Gasteiger partial charge is 0.481 e. The number of piperidine rings is 1. The molecule has 0 aromatic carbocycles. The Morgan fingerprint density at radius 1 is 1.30 bits per heavy atom. The molecule has 2 amide bonds. The van der Waals surface area contributed by atoms with Crippen molar-refractivity contribution in [3.05, 3.63) is 0 Å². The lowest BCUT2D eigenvalue weighted by Gasteiger charge is -2.40. The van der Waals surface area contributed by atoms with Crippen LogP contribution in [0.15, 0.2) is 0 Å². The van der Waals surface area contributed by atoms with Gasteiger partial charge in [-0.15, -0.1) is 0 Å². The lowest BCUT2D eigenvalue weighted by molar-refractivity contribution is -0.152. The molecule has 0 bridgehead atoms. The van der Waals surface area contributed by atoms with E-state index in [4.69, 9.17) is 0 Å². The highest BCUT2D eigenvalue weighted by atomic mass is 16.4. The first kappa shape index (κ1) is 15.1. The third-order valence-corrected chi connectivity index (χ3v) is 4.73. The second kappa shape index (κ2) is 6.02. The third-order valence-electron chi connectivity index (χ3n) is 4.73. The van der Waals surface area contributed by atoms with Crippen molar-refractivity contribution >= 4 is 12.0 Å². The van der Waals surface area contributed by atoms with Gasteiger partial charge in [0.05, 0.1) is 5.41 Å². The second-order valence-electron chi connectivity index (χ2n) is 6.43. The van der Waals surface area contributed by atoms with Crippen LogP contribution >= 0.6 is 0 Å². The van der Waals surface area contributed by atoms with E-state index >= 15 is 0 Å². The van der Waals surface area contributed by atoms with Crippen LogP contribution in [0.2, 0.25) is 0 Å². The number of nitrogens with zero attached hydrogens (tertiary/aromatic N) is 2. The number of rotatable bonds is 5. The number of amides is 2. The lowest BCUT2D eigenvalue weighted by Crippen LogP contribution is -2.50. The normalized spacial score (nSPS) is 21.6. The van der Waals surface area contributed by atoms with Crippen molar-refractivity contribution in [3.63, 3.8) is 0 Å². The number of carbonyl (C=O) groups excluding carboxylic acids is 1. The van der Waals surface area contributed by atoms with E-state index < -0.39 is 11.4 Å². The molecule has 2 rings (SSSR count). The van der Waals surface area contributed by atoms with E-state index in [2.05, 4.69) is 0 Å². The number of carbonyl (C=O) groups is 2. The number of carboxylic acid groups (broad SMARTS) is 1. The number of carboxylic acids is 1. The van der Waals surface area contributed by atoms with Crippen LogP contribution in [0.1, 0.15) is 45.4 Å². The van der Waals surface area contributed by atoms with Crippen molar-refractivity contribution < 1.29 is 14.7 Å². The lowest BCUT2D eigenvalue weighted by atomic mass is 9.75. The Morgan fingerprint density at radius 2 is 1.90 bits per heavy atom. The molecule has 0 unspecified atom stereocenters. The molecule has 0 aromatic rings. The molecule has 1 saturated heterocycles. The van der Waals surface area contributed by atoms with Gasteiger partial charge in [0.2, 0.25) is 0 Å². The van der Waals surface area contributed by atoms with Gasteiger partial charge in [-0.3, -0.25) is 4.79 Å². The van der Waals surface area contributed by atoms with E-state index in [1.54, 1.807) is 4.90 Å². The molecule has 0 radical (unpaired) electrons. The smallest absolute Gasteiger partial charge is 0.319 e. The molecule has 2 fully saturated rings. The Hall–Kier alpha value is -1.26. The minimum absolute atomic E-state index is 0.0624. The van der Waals surface area contributed by atoms with E-state index in [1.807, 2.05) is 18.9 Å². The number of hydrogen-bond donors (Lipinski definition) is 1. The van der Waals surface area contributed by atoms with Crippen LogP contribution in [-0.4, -0.2) is 53.6 Å². The van der Waals surface area contributed by atoms with E-state index in [-0.39, 0.29) is 6.03 Å². The molecular weight excluding hydrogens is 256 g/mol. The van der Waals surface area contributed by atoms with E-state index in [1.165, 1.54) is 12.8 Å². The van der Waals surface area contributed by atoms with Crippen LogP contribution < -0.4 is 0 Å². The Bertz CT molecular complexity index is 371. The molecule has 20 heavy (non-hydrogen) atoms. The first-order chi connectivity index (χ1) is 9.48. The van der Waals surface area contributed by atoms with E-state index in [0.717, 1.165) is 13.0 Å². The summed E-state index contributed by atoms with van der Waals surface area (Å²) in [6, 6.07) is 0.0624. The predicted octanol–water partition coefficient (Wildman–Crippen LogP) is 2.42. The zero-order chi connectivity index (χ0) is 14.8. The van der Waals surface area contributed by atoms with Gasteiger partial charge in [0, 0.05) is 26.7 Å². The molecule has 114 valence electrons. The van der Waals surface area contributed by atoms with Crippen molar-refractivity contribution in [3.8, 4) is 0 Å². The Labute approximate surface area is 120 Å². The highest BCUT2D eigenvalue weighted by Crippen LogP contribution is 2.37. The zero-order valence-electron chi connectivity index (χ0n) is 12.6. The number of likely N-dealkylation sites (tertiary alicyclic amines) is 1. The fourth-order valence-electron chi connectivity index (χ4n) is 3.18. The monoisotopic (exact) mass is 282 g/mol. The van der Waals surface area contributed by atoms with Crippen molar-refractivity contribution in [2.45, 2.75) is 45.4 Å². The highest BCUT2D eigenvalue weighted by molar-refractivity contribution is 5.77. The van der Waals surface area contributed by atoms with Gasteiger partial charge in [0.25, 0.3) is 0 Å². The molecule has 2 aliphatic rings. The molecule has 0 spiro atoms. The summed E-state index contributed by atoms with van der Waals surface area (Å²) in [6.45, 7) is 4.00. The summed E-state index contributed by atoms with van der Waals surface area (Å²) in [5.41, 5.74) is -0.611. The third kappa shape index (κ3) is 3.25. The summed E-state index contributed by atoms with van der Waals surface area (Å²) in [5.74, 6) is -0.00951. The van der Waals surface area contributed by atoms with Gasteiger partial charge < -0.3 is 14.9 Å². The molecular formula is C15H26N2O3. The predicted molar refractivity (Wildman–Crippen MR) is 76.5 cm³/mol. The van der Waals surface area contributed by atoms with Crippen molar-refractivity contribution in [2.24, 2.45) is 11.3 Å². The van der Waals surface area contributed by atoms with Crippen molar-refractivity contribution in [2.75, 3.05) is 26.7 Å². The van der Waals surface area contributed by atoms with Gasteiger partial charge in [0.1, 0.15) is 0 Å². The topological polar surface area (TPSA) is 60.9 Å². The van der Waals surface area contributed by atoms with Gasteiger partial charge in [-0.05, 0) is 38.0 Å². The molecule has 1 aliphatic carbocycles. The summed E-state index contributed by atoms with van der Waals surface area (Å²) < 4.78 is 0. The summed E-state index contributed by atoms with van der Waals surface area (Å²) in [4.78, 5) is 27.4. The Balaban J connectivity index is 1.88. The minimum atomic E-state index is -0.696. The first-order valence-corrected chi connectivity index (χ1v) is 7.72. The number of hydrogen-bond acceptors (Lipinski definition) is 2. The van der Waals surface area contributed by atoms with Gasteiger partial charge >= 0.3 is 12.0 Å². The zero-order valence-corrected chi connectivity index (χ0v) is 12.6. The summed E-state index contributed by atoms with van der Waals surface area (Å²) in [6.07, 6.45) is 5.22. The van der Waals surface area contributed by atoms with Crippen molar-refractivity contribution in [1.82, 2.24) is 9.80 Å². The fourth-order valence-corrected chi connectivity index (χ4v) is 3.18. The summed E-state index contributed by atoms with van der Waals surface area (Å²) in [5, 5.41) is 9.47. The van der Waals surface area contributed by atoms with Crippen LogP contribution in [0, 0.1) is 11.3 Å². The molecule has 1 heterocycles. The minimum Gasteiger partial charge on any atom is -0.481 e. The van der Waals surface area contributed by atoms with Crippen LogP contribution in [0.3, 0.4) is 0 Å².